The van der Waals surface area contributed by atoms with Gasteiger partial charge < -0.3 is 4.90 Å². The van der Waals surface area contributed by atoms with Crippen LogP contribution in [-0.2, 0) is 0 Å². The topological polar surface area (TPSA) is 3.24 Å². The van der Waals surface area contributed by atoms with E-state index >= 15 is 0 Å². The highest BCUT2D eigenvalue weighted by molar-refractivity contribution is 7.99. The molecule has 0 aliphatic carbocycles. The zero-order valence-corrected chi connectivity index (χ0v) is 8.35. The van der Waals surface area contributed by atoms with Gasteiger partial charge in [0.25, 0.3) is 0 Å². The molecule has 60 valence electrons. The molecule has 1 saturated heterocycles. The van der Waals surface area contributed by atoms with Crippen LogP contribution in [0, 0.1) is 0 Å². The van der Waals surface area contributed by atoms with E-state index in [2.05, 4.69) is 25.9 Å². The Morgan fingerprint density at radius 1 is 1.30 bits per heavy atom. The van der Waals surface area contributed by atoms with Crippen molar-refractivity contribution in [2.24, 2.45) is 0 Å². The lowest BCUT2D eigenvalue weighted by Crippen LogP contribution is -2.33. The Labute approximate surface area is 70.1 Å². The van der Waals surface area contributed by atoms with E-state index < -0.39 is 0 Å². The molecule has 1 unspecified atom stereocenters. The van der Waals surface area contributed by atoms with Crippen molar-refractivity contribution in [3.05, 3.63) is 0 Å². The smallest absolute Gasteiger partial charge is 0.00727 e. The van der Waals surface area contributed by atoms with Crippen LogP contribution >= 0.6 is 21.0 Å². The van der Waals surface area contributed by atoms with Gasteiger partial charge in [0.15, 0.2) is 0 Å². The molecule has 1 rings (SSSR count). The Balaban J connectivity index is 2.02. The van der Waals surface area contributed by atoms with Crippen molar-refractivity contribution in [1.29, 1.82) is 0 Å². The summed E-state index contributed by atoms with van der Waals surface area (Å²) in [5, 5.41) is 0. The van der Waals surface area contributed by atoms with Crippen molar-refractivity contribution in [1.82, 2.24) is 4.90 Å². The van der Waals surface area contributed by atoms with Crippen LogP contribution in [0.1, 0.15) is 6.42 Å². The Morgan fingerprint density at radius 3 is 2.60 bits per heavy atom. The number of hydrogen-bond acceptors (Lipinski definition) is 2. The first-order chi connectivity index (χ1) is 4.93. The fraction of sp³-hybridized carbons (Fsp3) is 1.00. The van der Waals surface area contributed by atoms with E-state index in [0.29, 0.717) is 0 Å². The molecule has 3 heteroatoms. The maximum atomic E-state index is 2.79. The SMILES string of the molecule is PCCCN1CCSCC1. The van der Waals surface area contributed by atoms with Crippen molar-refractivity contribution in [2.75, 3.05) is 37.3 Å². The zero-order chi connectivity index (χ0) is 7.23. The fourth-order valence-corrected chi connectivity index (χ4v) is 2.30. The van der Waals surface area contributed by atoms with Gasteiger partial charge in [-0.1, -0.05) is 0 Å². The van der Waals surface area contributed by atoms with Gasteiger partial charge in [-0.05, 0) is 19.1 Å². The molecule has 1 heterocycles. The first-order valence-electron chi connectivity index (χ1n) is 3.93. The normalized spacial score (nSPS) is 21.3. The average molecular weight is 177 g/mol. The van der Waals surface area contributed by atoms with Gasteiger partial charge >= 0.3 is 0 Å². The highest BCUT2D eigenvalue weighted by atomic mass is 32.2. The molecule has 0 bridgehead atoms. The van der Waals surface area contributed by atoms with Crippen LogP contribution in [0.25, 0.3) is 0 Å². The third kappa shape index (κ3) is 3.23. The third-order valence-corrected chi connectivity index (χ3v) is 3.13. The van der Waals surface area contributed by atoms with Crippen LogP contribution < -0.4 is 0 Å². The summed E-state index contributed by atoms with van der Waals surface area (Å²) in [5.74, 6) is 2.69. The van der Waals surface area contributed by atoms with Gasteiger partial charge in [0.05, 0.1) is 0 Å². The van der Waals surface area contributed by atoms with Crippen LogP contribution in [0.5, 0.6) is 0 Å². The lowest BCUT2D eigenvalue weighted by atomic mass is 10.4. The molecule has 10 heavy (non-hydrogen) atoms. The standard InChI is InChI=1S/C7H16NPS/c9-5-1-2-8-3-6-10-7-4-8/h1-7,9H2. The third-order valence-electron chi connectivity index (χ3n) is 1.78. The monoisotopic (exact) mass is 177 g/mol. The van der Waals surface area contributed by atoms with Gasteiger partial charge in [-0.25, -0.2) is 0 Å². The predicted molar refractivity (Wildman–Crippen MR) is 53.0 cm³/mol. The maximum Gasteiger partial charge on any atom is 0.00727 e. The van der Waals surface area contributed by atoms with E-state index in [-0.39, 0.29) is 0 Å². The number of hydrogen-bond donors (Lipinski definition) is 0. The van der Waals surface area contributed by atoms with Gasteiger partial charge in [0, 0.05) is 24.6 Å². The van der Waals surface area contributed by atoms with E-state index in [0.717, 1.165) is 0 Å². The second kappa shape index (κ2) is 5.40. The fourth-order valence-electron chi connectivity index (χ4n) is 1.14. The molecule has 0 saturated carbocycles. The summed E-state index contributed by atoms with van der Waals surface area (Å²) in [4.78, 5) is 2.57. The summed E-state index contributed by atoms with van der Waals surface area (Å²) in [7, 11) is 2.79. The Kier molecular flexibility index (Phi) is 4.77. The minimum absolute atomic E-state index is 1.25. The van der Waals surface area contributed by atoms with Gasteiger partial charge in [-0.2, -0.15) is 11.8 Å². The second-order valence-corrected chi connectivity index (χ2v) is 4.40. The molecule has 1 nitrogen and oxygen atoms in total. The van der Waals surface area contributed by atoms with Crippen molar-refractivity contribution < 1.29 is 0 Å². The Hall–Kier alpha value is 0.740. The highest BCUT2D eigenvalue weighted by Crippen LogP contribution is 2.09. The number of rotatable bonds is 3. The van der Waals surface area contributed by atoms with Crippen LogP contribution in [0.4, 0.5) is 0 Å². The summed E-state index contributed by atoms with van der Waals surface area (Å²) < 4.78 is 0. The van der Waals surface area contributed by atoms with Crippen molar-refractivity contribution in [2.45, 2.75) is 6.42 Å². The van der Waals surface area contributed by atoms with Gasteiger partial charge in [0.2, 0.25) is 0 Å². The Morgan fingerprint density at radius 2 is 2.00 bits per heavy atom. The first-order valence-corrected chi connectivity index (χ1v) is 5.91. The molecule has 1 aliphatic rings. The zero-order valence-electron chi connectivity index (χ0n) is 6.38. The average Bonchev–Trinajstić information content (AvgIpc) is 2.03. The summed E-state index contributed by atoms with van der Waals surface area (Å²) in [5.41, 5.74) is 0. The van der Waals surface area contributed by atoms with Crippen molar-refractivity contribution in [3.8, 4) is 0 Å². The van der Waals surface area contributed by atoms with Gasteiger partial charge in [-0.3, -0.25) is 0 Å². The van der Waals surface area contributed by atoms with E-state index in [9.17, 15) is 0 Å². The quantitative estimate of drug-likeness (QED) is 0.598. The van der Waals surface area contributed by atoms with Gasteiger partial charge in [-0.15, -0.1) is 9.24 Å². The molecule has 0 spiro atoms. The van der Waals surface area contributed by atoms with Crippen LogP contribution in [0.15, 0.2) is 0 Å². The summed E-state index contributed by atoms with van der Waals surface area (Å²) in [6, 6.07) is 0. The van der Waals surface area contributed by atoms with Crippen molar-refractivity contribution in [3.63, 3.8) is 0 Å². The van der Waals surface area contributed by atoms with Crippen molar-refractivity contribution >= 4 is 21.0 Å². The molecular weight excluding hydrogens is 161 g/mol. The maximum absolute atomic E-state index is 2.79. The lowest BCUT2D eigenvalue weighted by molar-refractivity contribution is 0.304. The minimum atomic E-state index is 1.25. The molecule has 1 aliphatic heterocycles. The molecule has 0 aromatic heterocycles. The molecule has 0 amide bonds. The Bertz CT molecular complexity index is 83.7. The summed E-state index contributed by atoms with van der Waals surface area (Å²) in [6.45, 7) is 3.94. The second-order valence-electron chi connectivity index (χ2n) is 2.60. The summed E-state index contributed by atoms with van der Waals surface area (Å²) >= 11 is 2.09. The molecule has 1 atom stereocenters. The molecule has 0 aromatic carbocycles. The minimum Gasteiger partial charge on any atom is -0.302 e. The highest BCUT2D eigenvalue weighted by Gasteiger charge is 2.08. The number of thioether (sulfide) groups is 1. The first kappa shape index (κ1) is 8.83. The largest absolute Gasteiger partial charge is 0.302 e. The van der Waals surface area contributed by atoms with E-state index in [1.165, 1.54) is 43.7 Å². The van der Waals surface area contributed by atoms with E-state index in [4.69, 9.17) is 0 Å². The molecular formula is C7H16NPS. The molecule has 1 fully saturated rings. The lowest BCUT2D eigenvalue weighted by Gasteiger charge is -2.25. The van der Waals surface area contributed by atoms with Crippen LogP contribution in [0.2, 0.25) is 0 Å². The molecule has 0 N–H and O–H groups in total. The number of nitrogens with zero attached hydrogens (tertiary/aromatic N) is 1. The van der Waals surface area contributed by atoms with E-state index in [1.807, 2.05) is 0 Å². The van der Waals surface area contributed by atoms with Crippen LogP contribution in [-0.4, -0.2) is 42.2 Å². The molecule has 0 radical (unpaired) electrons. The van der Waals surface area contributed by atoms with Gasteiger partial charge in [0.1, 0.15) is 0 Å². The van der Waals surface area contributed by atoms with Crippen LogP contribution in [0.3, 0.4) is 0 Å². The molecule has 0 aromatic rings. The van der Waals surface area contributed by atoms with E-state index in [1.54, 1.807) is 0 Å². The summed E-state index contributed by atoms with van der Waals surface area (Å²) in [6.07, 6.45) is 2.60. The predicted octanol–water partition coefficient (Wildman–Crippen LogP) is 1.30.